The third-order valence-electron chi connectivity index (χ3n) is 5.80. The molecule has 0 atom stereocenters. The molecule has 4 rings (SSSR count). The number of urea groups is 1. The molecular weight excluding hydrogens is 380 g/mol. The molecule has 2 saturated heterocycles. The third kappa shape index (κ3) is 4.20. The lowest BCUT2D eigenvalue weighted by Gasteiger charge is -2.36. The summed E-state index contributed by atoms with van der Waals surface area (Å²) in [7, 11) is 1.62. The average Bonchev–Trinajstić information content (AvgIpc) is 3.14. The number of hydrogen-bond acceptors (Lipinski definition) is 4. The van der Waals surface area contributed by atoms with Crippen molar-refractivity contribution in [3.05, 3.63) is 54.1 Å². The fourth-order valence-electron chi connectivity index (χ4n) is 4.03. The Labute approximate surface area is 177 Å². The molecule has 0 aliphatic carbocycles. The Balaban J connectivity index is 1.30. The minimum Gasteiger partial charge on any atom is -0.497 e. The average molecular weight is 409 g/mol. The molecule has 2 heterocycles. The molecule has 2 aliphatic rings. The second-order valence-electron chi connectivity index (χ2n) is 7.76. The molecule has 2 aromatic rings. The first-order valence-corrected chi connectivity index (χ1v) is 10.3. The van der Waals surface area contributed by atoms with Crippen LogP contribution < -0.4 is 14.5 Å². The predicted molar refractivity (Wildman–Crippen MR) is 117 cm³/mol. The van der Waals surface area contributed by atoms with Crippen molar-refractivity contribution in [2.24, 2.45) is 0 Å². The maximum Gasteiger partial charge on any atom is 0.325 e. The summed E-state index contributed by atoms with van der Waals surface area (Å²) in [6, 6.07) is 15.7. The van der Waals surface area contributed by atoms with Crippen molar-refractivity contribution >= 4 is 23.3 Å². The number of hydrogen-bond donors (Lipinski definition) is 0. The number of benzene rings is 2. The fraction of sp³-hybridized carbons (Fsp3) is 0.391. The highest BCUT2D eigenvalue weighted by molar-refractivity contribution is 5.96. The summed E-state index contributed by atoms with van der Waals surface area (Å²) in [6.45, 7) is 6.33. The SMILES string of the molecule is COc1ccc(N2CCN(CC(=O)N3CCN(c4cccc(C)c4)CC3)C2=O)cc1. The predicted octanol–water partition coefficient (Wildman–Crippen LogP) is 2.59. The molecule has 2 aliphatic heterocycles. The summed E-state index contributed by atoms with van der Waals surface area (Å²) in [4.78, 5) is 33.1. The molecule has 3 amide bonds. The second kappa shape index (κ2) is 8.65. The first-order valence-electron chi connectivity index (χ1n) is 10.3. The van der Waals surface area contributed by atoms with E-state index in [1.165, 1.54) is 11.3 Å². The van der Waals surface area contributed by atoms with Gasteiger partial charge in [0.15, 0.2) is 0 Å². The van der Waals surface area contributed by atoms with Crippen molar-refractivity contribution in [3.63, 3.8) is 0 Å². The molecular formula is C23H28N4O3. The Morgan fingerprint density at radius 1 is 0.933 bits per heavy atom. The van der Waals surface area contributed by atoms with E-state index in [0.717, 1.165) is 24.5 Å². The van der Waals surface area contributed by atoms with Gasteiger partial charge < -0.3 is 19.4 Å². The van der Waals surface area contributed by atoms with Crippen LogP contribution in [0.1, 0.15) is 5.56 Å². The van der Waals surface area contributed by atoms with Crippen LogP contribution in [0.5, 0.6) is 5.75 Å². The van der Waals surface area contributed by atoms with Crippen LogP contribution in [0.2, 0.25) is 0 Å². The van der Waals surface area contributed by atoms with Gasteiger partial charge in [0, 0.05) is 50.6 Å². The number of amides is 3. The number of piperazine rings is 1. The first kappa shape index (κ1) is 20.1. The minimum atomic E-state index is -0.119. The molecule has 2 fully saturated rings. The van der Waals surface area contributed by atoms with Gasteiger partial charge >= 0.3 is 6.03 Å². The van der Waals surface area contributed by atoms with E-state index in [1.54, 1.807) is 16.9 Å². The molecule has 30 heavy (non-hydrogen) atoms. The van der Waals surface area contributed by atoms with Crippen molar-refractivity contribution in [3.8, 4) is 5.75 Å². The van der Waals surface area contributed by atoms with Gasteiger partial charge in [0.1, 0.15) is 12.3 Å². The van der Waals surface area contributed by atoms with Crippen LogP contribution in [0.15, 0.2) is 48.5 Å². The van der Waals surface area contributed by atoms with Crippen molar-refractivity contribution in [2.45, 2.75) is 6.92 Å². The zero-order valence-corrected chi connectivity index (χ0v) is 17.6. The van der Waals surface area contributed by atoms with Gasteiger partial charge in [-0.05, 0) is 48.9 Å². The van der Waals surface area contributed by atoms with E-state index in [1.807, 2.05) is 29.2 Å². The van der Waals surface area contributed by atoms with Gasteiger partial charge in [-0.2, -0.15) is 0 Å². The van der Waals surface area contributed by atoms with Crippen LogP contribution in [0.4, 0.5) is 16.2 Å². The quantitative estimate of drug-likeness (QED) is 0.763. The van der Waals surface area contributed by atoms with E-state index < -0.39 is 0 Å². The lowest BCUT2D eigenvalue weighted by atomic mass is 10.2. The number of ether oxygens (including phenoxy) is 1. The molecule has 7 heteroatoms. The zero-order valence-electron chi connectivity index (χ0n) is 17.6. The van der Waals surface area contributed by atoms with Gasteiger partial charge in [-0.3, -0.25) is 9.69 Å². The molecule has 0 bridgehead atoms. The monoisotopic (exact) mass is 408 g/mol. The van der Waals surface area contributed by atoms with E-state index in [9.17, 15) is 9.59 Å². The number of nitrogens with zero attached hydrogens (tertiary/aromatic N) is 4. The summed E-state index contributed by atoms with van der Waals surface area (Å²) < 4.78 is 5.17. The molecule has 0 unspecified atom stereocenters. The van der Waals surface area contributed by atoms with E-state index in [4.69, 9.17) is 4.74 Å². The van der Waals surface area contributed by atoms with Gasteiger partial charge in [-0.15, -0.1) is 0 Å². The molecule has 0 N–H and O–H groups in total. The van der Waals surface area contributed by atoms with Gasteiger partial charge in [0.25, 0.3) is 0 Å². The second-order valence-corrected chi connectivity index (χ2v) is 7.76. The van der Waals surface area contributed by atoms with Gasteiger partial charge in [-0.25, -0.2) is 4.79 Å². The highest BCUT2D eigenvalue weighted by atomic mass is 16.5. The first-order chi connectivity index (χ1) is 14.5. The maximum absolute atomic E-state index is 12.8. The van der Waals surface area contributed by atoms with Crippen LogP contribution in [0.3, 0.4) is 0 Å². The minimum absolute atomic E-state index is 0.0174. The van der Waals surface area contributed by atoms with E-state index in [2.05, 4.69) is 36.1 Å². The number of aryl methyl sites for hydroxylation is 1. The van der Waals surface area contributed by atoms with Crippen molar-refractivity contribution in [2.75, 3.05) is 62.7 Å². The van der Waals surface area contributed by atoms with E-state index in [0.29, 0.717) is 26.2 Å². The normalized spacial score (nSPS) is 16.9. The van der Waals surface area contributed by atoms with Crippen LogP contribution >= 0.6 is 0 Å². The molecule has 0 saturated carbocycles. The van der Waals surface area contributed by atoms with Crippen molar-refractivity contribution < 1.29 is 14.3 Å². The molecule has 0 spiro atoms. The van der Waals surface area contributed by atoms with Crippen LogP contribution in [-0.4, -0.2) is 74.7 Å². The van der Waals surface area contributed by atoms with Crippen LogP contribution in [0, 0.1) is 6.92 Å². The standard InChI is InChI=1S/C23H28N4O3/c1-18-4-3-5-20(16-18)24-10-12-25(13-11-24)22(28)17-26-14-15-27(23(26)29)19-6-8-21(30-2)9-7-19/h3-9,16H,10-15,17H2,1-2H3. The molecule has 0 aromatic heterocycles. The zero-order chi connectivity index (χ0) is 21.1. The van der Waals surface area contributed by atoms with Crippen LogP contribution in [0.25, 0.3) is 0 Å². The Bertz CT molecular complexity index is 907. The highest BCUT2D eigenvalue weighted by Gasteiger charge is 2.32. The molecule has 7 nitrogen and oxygen atoms in total. The summed E-state index contributed by atoms with van der Waals surface area (Å²) >= 11 is 0. The summed E-state index contributed by atoms with van der Waals surface area (Å²) in [5, 5.41) is 0. The van der Waals surface area contributed by atoms with Gasteiger partial charge in [0.05, 0.1) is 7.11 Å². The maximum atomic E-state index is 12.8. The summed E-state index contributed by atoms with van der Waals surface area (Å²) in [6.07, 6.45) is 0. The van der Waals surface area contributed by atoms with E-state index in [-0.39, 0.29) is 18.5 Å². The van der Waals surface area contributed by atoms with Gasteiger partial charge in [-0.1, -0.05) is 12.1 Å². The van der Waals surface area contributed by atoms with Crippen molar-refractivity contribution in [1.29, 1.82) is 0 Å². The van der Waals surface area contributed by atoms with Crippen molar-refractivity contribution in [1.82, 2.24) is 9.80 Å². The van der Waals surface area contributed by atoms with E-state index >= 15 is 0 Å². The summed E-state index contributed by atoms with van der Waals surface area (Å²) in [5.74, 6) is 0.769. The number of carbonyl (C=O) groups is 2. The number of methoxy groups -OCH3 is 1. The number of rotatable bonds is 5. The Hall–Kier alpha value is -3.22. The lowest BCUT2D eigenvalue weighted by Crippen LogP contribution is -2.51. The molecule has 158 valence electrons. The molecule has 2 aromatic carbocycles. The largest absolute Gasteiger partial charge is 0.497 e. The highest BCUT2D eigenvalue weighted by Crippen LogP contribution is 2.23. The van der Waals surface area contributed by atoms with Crippen LogP contribution in [-0.2, 0) is 4.79 Å². The smallest absolute Gasteiger partial charge is 0.325 e. The Morgan fingerprint density at radius 3 is 2.33 bits per heavy atom. The number of anilines is 2. The third-order valence-corrected chi connectivity index (χ3v) is 5.80. The Kier molecular flexibility index (Phi) is 5.79. The fourth-order valence-corrected chi connectivity index (χ4v) is 4.03. The Morgan fingerprint density at radius 2 is 1.67 bits per heavy atom. The lowest BCUT2D eigenvalue weighted by molar-refractivity contribution is -0.131. The van der Waals surface area contributed by atoms with Gasteiger partial charge in [0.2, 0.25) is 5.91 Å². The topological polar surface area (TPSA) is 56.3 Å². The molecule has 0 radical (unpaired) electrons. The number of carbonyl (C=O) groups excluding carboxylic acids is 2. The summed E-state index contributed by atoms with van der Waals surface area (Å²) in [5.41, 5.74) is 3.26.